The molecule has 1 aromatic carbocycles. The minimum absolute atomic E-state index is 0.0421. The molecular formula is C20H31FN. The highest BCUT2D eigenvalue weighted by Crippen LogP contribution is 2.51. The second-order valence-electron chi connectivity index (χ2n) is 8.54. The Labute approximate surface area is 135 Å². The van der Waals surface area contributed by atoms with Crippen molar-refractivity contribution in [2.24, 2.45) is 16.7 Å². The number of hydrogen-bond acceptors (Lipinski definition) is 1. The number of benzene rings is 1. The van der Waals surface area contributed by atoms with Crippen molar-refractivity contribution in [3.05, 3.63) is 36.8 Å². The maximum absolute atomic E-state index is 15.0. The Balaban J connectivity index is 2.20. The Hall–Kier alpha value is -1.05. The summed E-state index contributed by atoms with van der Waals surface area (Å²) < 4.78 is 15.0. The first-order valence-corrected chi connectivity index (χ1v) is 8.39. The van der Waals surface area contributed by atoms with Crippen LogP contribution >= 0.6 is 0 Å². The first-order chi connectivity index (χ1) is 10.1. The summed E-state index contributed by atoms with van der Waals surface area (Å²) >= 11 is 0. The average Bonchev–Trinajstić information content (AvgIpc) is 2.42. The van der Waals surface area contributed by atoms with E-state index in [1.165, 1.54) is 5.56 Å². The van der Waals surface area contributed by atoms with E-state index in [2.05, 4.69) is 50.4 Å². The van der Waals surface area contributed by atoms with E-state index in [4.69, 9.17) is 0 Å². The molecule has 1 aromatic rings. The monoisotopic (exact) mass is 304 g/mol. The van der Waals surface area contributed by atoms with Gasteiger partial charge < -0.3 is 5.32 Å². The molecule has 1 nitrogen and oxygen atoms in total. The molecule has 0 heterocycles. The van der Waals surface area contributed by atoms with E-state index in [0.717, 1.165) is 12.1 Å². The van der Waals surface area contributed by atoms with Crippen LogP contribution in [0.1, 0.15) is 59.4 Å². The Morgan fingerprint density at radius 3 is 2.18 bits per heavy atom. The Morgan fingerprint density at radius 2 is 1.68 bits per heavy atom. The first kappa shape index (κ1) is 17.3. The lowest BCUT2D eigenvalue weighted by molar-refractivity contribution is -0.0422. The van der Waals surface area contributed by atoms with E-state index >= 15 is 0 Å². The lowest BCUT2D eigenvalue weighted by atomic mass is 9.57. The van der Waals surface area contributed by atoms with Crippen LogP contribution in [0.15, 0.2) is 24.3 Å². The summed E-state index contributed by atoms with van der Waals surface area (Å²) in [7, 11) is 0. The summed E-state index contributed by atoms with van der Waals surface area (Å²) in [5, 5.41) is 3.55. The van der Waals surface area contributed by atoms with E-state index in [9.17, 15) is 4.39 Å². The van der Waals surface area contributed by atoms with Crippen LogP contribution in [0.25, 0.3) is 0 Å². The number of alkyl halides is 1. The summed E-state index contributed by atoms with van der Waals surface area (Å²) in [5.74, 6) is 0.721. The summed E-state index contributed by atoms with van der Waals surface area (Å²) in [6.07, 6.45) is -0.0373. The van der Waals surface area contributed by atoms with E-state index in [1.54, 1.807) is 0 Å². The lowest BCUT2D eigenvalue weighted by Gasteiger charge is -2.53. The zero-order valence-electron chi connectivity index (χ0n) is 14.9. The van der Waals surface area contributed by atoms with Crippen molar-refractivity contribution in [1.82, 2.24) is 0 Å². The van der Waals surface area contributed by atoms with Gasteiger partial charge in [-0.25, -0.2) is 4.39 Å². The van der Waals surface area contributed by atoms with E-state index in [0.29, 0.717) is 5.92 Å². The molecule has 1 aliphatic rings. The molecular weight excluding hydrogens is 273 g/mol. The fourth-order valence-corrected chi connectivity index (χ4v) is 4.12. The molecule has 1 saturated carbocycles. The van der Waals surface area contributed by atoms with Crippen LogP contribution in [0.4, 0.5) is 10.1 Å². The zero-order valence-corrected chi connectivity index (χ0v) is 14.9. The van der Waals surface area contributed by atoms with Crippen LogP contribution in [-0.2, 0) is 0 Å². The van der Waals surface area contributed by atoms with Crippen LogP contribution in [0.3, 0.4) is 0 Å². The smallest absolute Gasteiger partial charge is 0.112 e. The number of halogens is 1. The van der Waals surface area contributed by atoms with E-state index in [1.807, 2.05) is 27.7 Å². The zero-order chi connectivity index (χ0) is 16.7. The van der Waals surface area contributed by atoms with Gasteiger partial charge in [0.25, 0.3) is 0 Å². The number of rotatable bonds is 3. The van der Waals surface area contributed by atoms with Crippen LogP contribution in [-0.4, -0.2) is 12.2 Å². The van der Waals surface area contributed by atoms with Gasteiger partial charge in [-0.2, -0.15) is 0 Å². The van der Waals surface area contributed by atoms with Gasteiger partial charge in [-0.3, -0.25) is 0 Å². The molecule has 1 fully saturated rings. The third kappa shape index (κ3) is 3.16. The van der Waals surface area contributed by atoms with Crippen molar-refractivity contribution in [3.63, 3.8) is 0 Å². The van der Waals surface area contributed by atoms with Gasteiger partial charge in [0.05, 0.1) is 0 Å². The predicted octanol–water partition coefficient (Wildman–Crippen LogP) is 5.83. The van der Waals surface area contributed by atoms with Gasteiger partial charge in [0.15, 0.2) is 0 Å². The second-order valence-corrected chi connectivity index (χ2v) is 8.54. The minimum Gasteiger partial charge on any atom is -0.381 e. The van der Waals surface area contributed by atoms with Crippen LogP contribution in [0.2, 0.25) is 0 Å². The highest BCUT2D eigenvalue weighted by Gasteiger charge is 2.52. The third-order valence-electron chi connectivity index (χ3n) is 5.30. The largest absolute Gasteiger partial charge is 0.381 e. The molecule has 3 unspecified atom stereocenters. The Kier molecular flexibility index (Phi) is 4.61. The van der Waals surface area contributed by atoms with Gasteiger partial charge in [-0.15, -0.1) is 0 Å². The maximum atomic E-state index is 15.0. The van der Waals surface area contributed by atoms with Crippen molar-refractivity contribution in [2.75, 3.05) is 5.32 Å². The molecule has 3 atom stereocenters. The number of nitrogens with one attached hydrogen (secondary N) is 1. The first-order valence-electron chi connectivity index (χ1n) is 8.39. The van der Waals surface area contributed by atoms with Gasteiger partial charge in [-0.05, 0) is 48.3 Å². The van der Waals surface area contributed by atoms with Gasteiger partial charge in [0.2, 0.25) is 0 Å². The molecule has 22 heavy (non-hydrogen) atoms. The molecule has 0 spiro atoms. The fraction of sp³-hybridized carbons (Fsp3) is 0.650. The van der Waals surface area contributed by atoms with Crippen molar-refractivity contribution < 1.29 is 4.39 Å². The lowest BCUT2D eigenvalue weighted by Crippen LogP contribution is -2.57. The van der Waals surface area contributed by atoms with Crippen LogP contribution in [0, 0.1) is 23.7 Å². The fourth-order valence-electron chi connectivity index (χ4n) is 4.12. The highest BCUT2D eigenvalue weighted by atomic mass is 19.1. The van der Waals surface area contributed by atoms with Gasteiger partial charge >= 0.3 is 0 Å². The number of hydrogen-bond donors (Lipinski definition) is 1. The van der Waals surface area contributed by atoms with Crippen molar-refractivity contribution in [3.8, 4) is 0 Å². The Bertz CT molecular complexity index is 501. The van der Waals surface area contributed by atoms with E-state index < -0.39 is 11.6 Å². The van der Waals surface area contributed by atoms with E-state index in [-0.39, 0.29) is 17.4 Å². The molecule has 1 aliphatic carbocycles. The quantitative estimate of drug-likeness (QED) is 0.740. The van der Waals surface area contributed by atoms with Crippen LogP contribution < -0.4 is 5.32 Å². The summed E-state index contributed by atoms with van der Waals surface area (Å²) in [6, 6.07) is 8.55. The SMILES string of the molecule is [CH2]C1CC(C)(C)C(F)C(C)(C)C1Nc1ccc(C(C)C)cc1. The Morgan fingerprint density at radius 1 is 1.14 bits per heavy atom. The normalized spacial score (nSPS) is 30.3. The summed E-state index contributed by atoms with van der Waals surface area (Å²) in [6.45, 7) is 16.8. The maximum Gasteiger partial charge on any atom is 0.112 e. The van der Waals surface area contributed by atoms with Gasteiger partial charge in [-0.1, -0.05) is 53.7 Å². The molecule has 0 bridgehead atoms. The van der Waals surface area contributed by atoms with Gasteiger partial charge in [0, 0.05) is 17.1 Å². The highest BCUT2D eigenvalue weighted by molar-refractivity contribution is 5.47. The summed E-state index contributed by atoms with van der Waals surface area (Å²) in [4.78, 5) is 0. The van der Waals surface area contributed by atoms with Gasteiger partial charge in [0.1, 0.15) is 6.17 Å². The molecule has 123 valence electrons. The average molecular weight is 304 g/mol. The van der Waals surface area contributed by atoms with Crippen molar-refractivity contribution in [2.45, 2.75) is 66.1 Å². The molecule has 2 rings (SSSR count). The molecule has 1 radical (unpaired) electrons. The molecule has 1 N–H and O–H groups in total. The molecule has 2 heteroatoms. The second kappa shape index (κ2) is 5.86. The molecule has 0 amide bonds. The standard InChI is InChI=1S/C20H31FN/c1-13(2)15-8-10-16(11-9-15)22-17-14(3)12-19(4,5)18(21)20(17,6)7/h8-11,13-14,17-18,22H,3,12H2,1-2,4-7H3. The van der Waals surface area contributed by atoms with Crippen molar-refractivity contribution >= 4 is 5.69 Å². The predicted molar refractivity (Wildman–Crippen MR) is 93.9 cm³/mol. The van der Waals surface area contributed by atoms with Crippen LogP contribution in [0.5, 0.6) is 0 Å². The minimum atomic E-state index is -0.842. The molecule has 0 aromatic heterocycles. The molecule has 0 aliphatic heterocycles. The summed E-state index contributed by atoms with van der Waals surface area (Å²) in [5.41, 5.74) is 1.63. The molecule has 0 saturated heterocycles. The third-order valence-corrected chi connectivity index (χ3v) is 5.30. The number of anilines is 1. The van der Waals surface area contributed by atoms with Crippen molar-refractivity contribution in [1.29, 1.82) is 0 Å². The topological polar surface area (TPSA) is 12.0 Å².